The number of anilines is 1. The molecule has 0 bridgehead atoms. The van der Waals surface area contributed by atoms with E-state index in [1.54, 1.807) is 0 Å². The van der Waals surface area contributed by atoms with Crippen molar-refractivity contribution in [3.63, 3.8) is 0 Å². The van der Waals surface area contributed by atoms with E-state index in [4.69, 9.17) is 39.5 Å². The molecule has 2 aliphatic carbocycles. The summed E-state index contributed by atoms with van der Waals surface area (Å²) in [7, 11) is 0. The van der Waals surface area contributed by atoms with Crippen LogP contribution in [0, 0.1) is 0 Å². The fourth-order valence-electron chi connectivity index (χ4n) is 3.00. The van der Waals surface area contributed by atoms with E-state index in [0.717, 1.165) is 36.1 Å². The maximum atomic E-state index is 13.9. The second-order valence-corrected chi connectivity index (χ2v) is 7.97. The molecule has 0 saturated heterocycles. The number of nitrogens with zero attached hydrogens (tertiary/aromatic N) is 1. The fraction of sp³-hybridized carbons (Fsp3) is 0.571. The number of fused-ring (bicyclic) bond motifs is 2. The van der Waals surface area contributed by atoms with Crippen LogP contribution >= 0.6 is 34.8 Å². The lowest BCUT2D eigenvalue weighted by Gasteiger charge is -2.16. The van der Waals surface area contributed by atoms with Gasteiger partial charge in [0, 0.05) is 11.3 Å². The van der Waals surface area contributed by atoms with Gasteiger partial charge in [-0.3, -0.25) is 10.3 Å². The summed E-state index contributed by atoms with van der Waals surface area (Å²) < 4.78 is 17.2. The van der Waals surface area contributed by atoms with Crippen molar-refractivity contribution in [1.82, 2.24) is 4.98 Å². The molecule has 0 radical (unpaired) electrons. The Morgan fingerprint density at radius 2 is 2.09 bits per heavy atom. The van der Waals surface area contributed by atoms with Gasteiger partial charge in [-0.05, 0) is 37.7 Å². The number of aromatic nitrogens is 1. The van der Waals surface area contributed by atoms with Gasteiger partial charge in [0.1, 0.15) is 12.8 Å². The highest BCUT2D eigenvalue weighted by Crippen LogP contribution is 2.41. The molecule has 0 saturated carbocycles. The number of amides is 1. The second kappa shape index (κ2) is 6.02. The Morgan fingerprint density at radius 1 is 1.32 bits per heavy atom. The number of carbonyl (C=O) groups excluding carboxylic acids is 1. The van der Waals surface area contributed by atoms with Crippen molar-refractivity contribution in [2.24, 2.45) is 0 Å². The quantitative estimate of drug-likeness (QED) is 0.786. The van der Waals surface area contributed by atoms with Crippen LogP contribution < -0.4 is 5.32 Å². The molecule has 1 atom stereocenters. The van der Waals surface area contributed by atoms with Gasteiger partial charge >= 0.3 is 6.09 Å². The normalized spacial score (nSPS) is 19.7. The topological polar surface area (TPSA) is 51.2 Å². The lowest BCUT2D eigenvalue weighted by atomic mass is 10.1. The molecule has 0 aliphatic heterocycles. The summed E-state index contributed by atoms with van der Waals surface area (Å²) in [6.07, 6.45) is 1.72. The molecule has 8 heteroatoms. The zero-order valence-corrected chi connectivity index (χ0v) is 13.9. The SMILES string of the molecule is O=C(Nc1c2c(nc3c1CCC3F)CCC2)OCC(Cl)(Cl)Cl. The van der Waals surface area contributed by atoms with E-state index in [0.29, 0.717) is 24.2 Å². The van der Waals surface area contributed by atoms with E-state index in [9.17, 15) is 9.18 Å². The zero-order valence-electron chi connectivity index (χ0n) is 11.6. The average molecular weight is 368 g/mol. The summed E-state index contributed by atoms with van der Waals surface area (Å²) in [4.78, 5) is 16.4. The number of alkyl halides is 4. The van der Waals surface area contributed by atoms with Crippen molar-refractivity contribution < 1.29 is 13.9 Å². The van der Waals surface area contributed by atoms with Crippen LogP contribution in [0.2, 0.25) is 0 Å². The molecule has 0 spiro atoms. The van der Waals surface area contributed by atoms with E-state index < -0.39 is 16.1 Å². The van der Waals surface area contributed by atoms with Crippen molar-refractivity contribution >= 4 is 46.6 Å². The molecule has 1 aromatic heterocycles. The number of carbonyl (C=O) groups is 1. The minimum absolute atomic E-state index is 0.356. The third-order valence-electron chi connectivity index (χ3n) is 3.90. The molecule has 1 aromatic rings. The standard InChI is InChI=1S/C14H14Cl3FN2O2/c15-14(16,17)6-22-13(21)20-11-7-2-1-3-10(7)19-12-8(11)4-5-9(12)18/h9H,1-6H2,(H,19,20,21). The highest BCUT2D eigenvalue weighted by atomic mass is 35.6. The molecule has 1 N–H and O–H groups in total. The van der Waals surface area contributed by atoms with Gasteiger partial charge in [0.05, 0.1) is 11.4 Å². The third-order valence-corrected chi connectivity index (χ3v) is 4.22. The molecule has 1 unspecified atom stereocenters. The molecule has 1 amide bonds. The Kier molecular flexibility index (Phi) is 4.40. The highest BCUT2D eigenvalue weighted by Gasteiger charge is 2.32. The Labute approximate surface area is 142 Å². The number of hydrogen-bond acceptors (Lipinski definition) is 3. The van der Waals surface area contributed by atoms with Gasteiger partial charge in [-0.25, -0.2) is 9.18 Å². The van der Waals surface area contributed by atoms with Crippen LogP contribution in [0.3, 0.4) is 0 Å². The number of rotatable bonds is 2. The van der Waals surface area contributed by atoms with Crippen molar-refractivity contribution in [2.45, 2.75) is 42.1 Å². The summed E-state index contributed by atoms with van der Waals surface area (Å²) in [5.74, 6) is 0. The first-order valence-electron chi connectivity index (χ1n) is 7.04. The monoisotopic (exact) mass is 366 g/mol. The lowest BCUT2D eigenvalue weighted by Crippen LogP contribution is -2.22. The Hall–Kier alpha value is -0.780. The fourth-order valence-corrected chi connectivity index (χ4v) is 3.16. The van der Waals surface area contributed by atoms with E-state index in [2.05, 4.69) is 10.3 Å². The van der Waals surface area contributed by atoms with E-state index >= 15 is 0 Å². The lowest BCUT2D eigenvalue weighted by molar-refractivity contribution is 0.164. The van der Waals surface area contributed by atoms with Crippen LogP contribution in [0.4, 0.5) is 14.9 Å². The minimum Gasteiger partial charge on any atom is -0.445 e. The Bertz CT molecular complexity index is 619. The summed E-state index contributed by atoms with van der Waals surface area (Å²) in [6, 6.07) is 0. The number of ether oxygens (including phenoxy) is 1. The highest BCUT2D eigenvalue weighted by molar-refractivity contribution is 6.67. The Morgan fingerprint density at radius 3 is 2.82 bits per heavy atom. The van der Waals surface area contributed by atoms with Crippen LogP contribution in [-0.4, -0.2) is 21.5 Å². The number of nitrogens with one attached hydrogen (secondary N) is 1. The predicted octanol–water partition coefficient (Wildman–Crippen LogP) is 4.45. The smallest absolute Gasteiger partial charge is 0.411 e. The molecule has 2 aliphatic rings. The molecule has 120 valence electrons. The number of hydrogen-bond donors (Lipinski definition) is 1. The molecule has 0 aromatic carbocycles. The number of halogens is 4. The van der Waals surface area contributed by atoms with E-state index in [1.165, 1.54) is 0 Å². The summed E-state index contributed by atoms with van der Waals surface area (Å²) in [5.41, 5.74) is 3.67. The minimum atomic E-state index is -1.66. The Balaban J connectivity index is 1.84. The van der Waals surface area contributed by atoms with Gasteiger partial charge in [-0.1, -0.05) is 34.8 Å². The van der Waals surface area contributed by atoms with Crippen molar-refractivity contribution in [1.29, 1.82) is 0 Å². The maximum absolute atomic E-state index is 13.9. The van der Waals surface area contributed by atoms with Gasteiger partial charge in [0.2, 0.25) is 3.79 Å². The van der Waals surface area contributed by atoms with E-state index in [-0.39, 0.29) is 6.61 Å². The van der Waals surface area contributed by atoms with Crippen molar-refractivity contribution in [3.05, 3.63) is 22.5 Å². The van der Waals surface area contributed by atoms with E-state index in [1.807, 2.05) is 0 Å². The zero-order chi connectivity index (χ0) is 15.9. The largest absolute Gasteiger partial charge is 0.445 e. The summed E-state index contributed by atoms with van der Waals surface area (Å²) in [6.45, 7) is -0.356. The van der Waals surface area contributed by atoms with Crippen LogP contribution in [0.25, 0.3) is 0 Å². The molecular formula is C14H14Cl3FN2O2. The average Bonchev–Trinajstić information content (AvgIpc) is 3.03. The first-order valence-corrected chi connectivity index (χ1v) is 8.17. The van der Waals surface area contributed by atoms with Crippen LogP contribution in [-0.2, 0) is 24.0 Å². The molecule has 3 rings (SSSR count). The van der Waals surface area contributed by atoms with Gasteiger partial charge in [-0.15, -0.1) is 0 Å². The molecular weight excluding hydrogens is 354 g/mol. The summed E-state index contributed by atoms with van der Waals surface area (Å²) in [5, 5.41) is 2.69. The second-order valence-electron chi connectivity index (χ2n) is 5.45. The van der Waals surface area contributed by atoms with Crippen LogP contribution in [0.5, 0.6) is 0 Å². The van der Waals surface area contributed by atoms with Gasteiger partial charge < -0.3 is 4.74 Å². The predicted molar refractivity (Wildman–Crippen MR) is 83.7 cm³/mol. The van der Waals surface area contributed by atoms with Crippen LogP contribution in [0.15, 0.2) is 0 Å². The van der Waals surface area contributed by atoms with Gasteiger partial charge in [0.25, 0.3) is 0 Å². The van der Waals surface area contributed by atoms with Crippen molar-refractivity contribution in [2.75, 3.05) is 11.9 Å². The summed E-state index contributed by atoms with van der Waals surface area (Å²) >= 11 is 16.7. The van der Waals surface area contributed by atoms with Crippen LogP contribution in [0.1, 0.15) is 41.5 Å². The van der Waals surface area contributed by atoms with Crippen molar-refractivity contribution in [3.8, 4) is 0 Å². The molecule has 22 heavy (non-hydrogen) atoms. The molecule has 4 nitrogen and oxygen atoms in total. The number of pyridine rings is 1. The molecule has 0 fully saturated rings. The first-order chi connectivity index (χ1) is 10.3. The van der Waals surface area contributed by atoms with Gasteiger partial charge in [-0.2, -0.15) is 0 Å². The number of aryl methyl sites for hydroxylation is 1. The first kappa shape index (κ1) is 16.1. The van der Waals surface area contributed by atoms with Gasteiger partial charge in [0.15, 0.2) is 0 Å². The maximum Gasteiger partial charge on any atom is 0.411 e. The molecule has 1 heterocycles. The third kappa shape index (κ3) is 3.26.